The zero-order valence-corrected chi connectivity index (χ0v) is 16.6. The summed E-state index contributed by atoms with van der Waals surface area (Å²) in [6.45, 7) is 4.16. The molecule has 1 amide bonds. The van der Waals surface area contributed by atoms with Crippen LogP contribution in [0, 0.1) is 12.7 Å². The van der Waals surface area contributed by atoms with Gasteiger partial charge in [0.05, 0.1) is 11.9 Å². The number of hydrogen-bond donors (Lipinski definition) is 1. The van der Waals surface area contributed by atoms with Gasteiger partial charge < -0.3 is 5.32 Å². The van der Waals surface area contributed by atoms with Crippen LogP contribution in [0.3, 0.4) is 0 Å². The number of halogens is 1. The van der Waals surface area contributed by atoms with E-state index in [9.17, 15) is 17.6 Å². The highest BCUT2D eigenvalue weighted by molar-refractivity contribution is 7.92. The van der Waals surface area contributed by atoms with Crippen molar-refractivity contribution in [1.29, 1.82) is 0 Å². The van der Waals surface area contributed by atoms with Crippen LogP contribution in [0.2, 0.25) is 0 Å². The minimum Gasteiger partial charge on any atom is -0.352 e. The van der Waals surface area contributed by atoms with Gasteiger partial charge in [-0.1, -0.05) is 37.3 Å². The number of nitrogens with one attached hydrogen (secondary N) is 1. The number of amides is 1. The lowest BCUT2D eigenvalue weighted by molar-refractivity contribution is -0.121. The SMILES string of the molecule is CCc1cccc(C)c1N(CCC(=O)NCc1ccc(F)cc1)S(C)(=O)=O. The molecule has 0 spiro atoms. The van der Waals surface area contributed by atoms with Crippen LogP contribution in [0.25, 0.3) is 0 Å². The van der Waals surface area contributed by atoms with Gasteiger partial charge in [0.25, 0.3) is 0 Å². The Hall–Kier alpha value is -2.41. The largest absolute Gasteiger partial charge is 0.352 e. The van der Waals surface area contributed by atoms with Crippen LogP contribution in [0.4, 0.5) is 10.1 Å². The van der Waals surface area contributed by atoms with Gasteiger partial charge in [-0.2, -0.15) is 0 Å². The number of sulfonamides is 1. The van der Waals surface area contributed by atoms with Crippen molar-refractivity contribution >= 4 is 21.6 Å². The molecule has 0 saturated heterocycles. The van der Waals surface area contributed by atoms with Crippen molar-refractivity contribution in [3.05, 3.63) is 65.0 Å². The Bertz CT molecular complexity index is 896. The predicted octanol–water partition coefficient (Wildman–Crippen LogP) is 3.17. The second-order valence-corrected chi connectivity index (χ2v) is 8.33. The summed E-state index contributed by atoms with van der Waals surface area (Å²) in [6.07, 6.45) is 1.88. The minimum atomic E-state index is -3.53. The van der Waals surface area contributed by atoms with Gasteiger partial charge in [-0.3, -0.25) is 9.10 Å². The van der Waals surface area contributed by atoms with Gasteiger partial charge in [-0.05, 0) is 42.2 Å². The third kappa shape index (κ3) is 5.79. The summed E-state index contributed by atoms with van der Waals surface area (Å²) < 4.78 is 38.9. The van der Waals surface area contributed by atoms with Crippen LogP contribution < -0.4 is 9.62 Å². The quantitative estimate of drug-likeness (QED) is 0.750. The highest BCUT2D eigenvalue weighted by Crippen LogP contribution is 2.28. The maximum absolute atomic E-state index is 12.9. The lowest BCUT2D eigenvalue weighted by Gasteiger charge is -2.26. The molecule has 0 fully saturated rings. The zero-order valence-electron chi connectivity index (χ0n) is 15.8. The maximum atomic E-state index is 12.9. The van der Waals surface area contributed by atoms with Crippen LogP contribution in [0.1, 0.15) is 30.0 Å². The molecule has 2 aromatic carbocycles. The second kappa shape index (κ2) is 8.99. The summed E-state index contributed by atoms with van der Waals surface area (Å²) >= 11 is 0. The molecule has 0 aliphatic rings. The van der Waals surface area contributed by atoms with E-state index in [1.165, 1.54) is 16.4 Å². The fraction of sp³-hybridized carbons (Fsp3) is 0.350. The van der Waals surface area contributed by atoms with Gasteiger partial charge in [0.2, 0.25) is 15.9 Å². The number of carbonyl (C=O) groups excluding carboxylic acids is 1. The molecule has 2 rings (SSSR count). The van der Waals surface area contributed by atoms with Crippen LogP contribution in [0.5, 0.6) is 0 Å². The minimum absolute atomic E-state index is 0.0335. The summed E-state index contributed by atoms with van der Waals surface area (Å²) in [4.78, 5) is 12.2. The van der Waals surface area contributed by atoms with Crippen molar-refractivity contribution < 1.29 is 17.6 Å². The summed E-state index contributed by atoms with van der Waals surface area (Å²) in [7, 11) is -3.53. The third-order valence-electron chi connectivity index (χ3n) is 4.30. The number of nitrogens with zero attached hydrogens (tertiary/aromatic N) is 1. The van der Waals surface area contributed by atoms with E-state index in [4.69, 9.17) is 0 Å². The van der Waals surface area contributed by atoms with Gasteiger partial charge >= 0.3 is 0 Å². The first-order chi connectivity index (χ1) is 12.7. The van der Waals surface area contributed by atoms with E-state index in [-0.39, 0.29) is 31.2 Å². The first-order valence-corrected chi connectivity index (χ1v) is 10.6. The van der Waals surface area contributed by atoms with Crippen LogP contribution >= 0.6 is 0 Å². The molecule has 0 saturated carbocycles. The standard InChI is InChI=1S/C20H25FN2O3S/c1-4-17-7-5-6-15(2)20(17)23(27(3,25)26)13-12-19(24)22-14-16-8-10-18(21)11-9-16/h5-11H,4,12-14H2,1-3H3,(H,22,24). The molecule has 0 heterocycles. The Balaban J connectivity index is 2.07. The Morgan fingerprint density at radius 3 is 2.41 bits per heavy atom. The Morgan fingerprint density at radius 1 is 1.15 bits per heavy atom. The topological polar surface area (TPSA) is 66.5 Å². The second-order valence-electron chi connectivity index (χ2n) is 6.42. The van der Waals surface area contributed by atoms with Gasteiger partial charge in [-0.25, -0.2) is 12.8 Å². The number of para-hydroxylation sites is 1. The summed E-state index contributed by atoms with van der Waals surface area (Å²) in [5, 5.41) is 2.74. The molecule has 0 atom stereocenters. The van der Waals surface area contributed by atoms with Crippen molar-refractivity contribution in [3.8, 4) is 0 Å². The van der Waals surface area contributed by atoms with Crippen LogP contribution in [0.15, 0.2) is 42.5 Å². The summed E-state index contributed by atoms with van der Waals surface area (Å²) in [5.41, 5.74) is 3.20. The first-order valence-electron chi connectivity index (χ1n) is 8.79. The number of benzene rings is 2. The summed E-state index contributed by atoms with van der Waals surface area (Å²) in [6, 6.07) is 11.5. The van der Waals surface area contributed by atoms with E-state index >= 15 is 0 Å². The highest BCUT2D eigenvalue weighted by atomic mass is 32.2. The third-order valence-corrected chi connectivity index (χ3v) is 5.46. The van der Waals surface area contributed by atoms with Gasteiger partial charge in [0, 0.05) is 19.5 Å². The number of rotatable bonds is 8. The average Bonchev–Trinajstić information content (AvgIpc) is 2.61. The number of aryl methyl sites for hydroxylation is 2. The van der Waals surface area contributed by atoms with E-state index in [2.05, 4.69) is 5.32 Å². The fourth-order valence-corrected chi connectivity index (χ4v) is 3.92. The normalized spacial score (nSPS) is 11.3. The van der Waals surface area contributed by atoms with Crippen LogP contribution in [-0.4, -0.2) is 27.1 Å². The van der Waals surface area contributed by atoms with Crippen molar-refractivity contribution in [2.45, 2.75) is 33.2 Å². The Morgan fingerprint density at radius 2 is 1.81 bits per heavy atom. The maximum Gasteiger partial charge on any atom is 0.232 e. The summed E-state index contributed by atoms with van der Waals surface area (Å²) in [5.74, 6) is -0.599. The molecule has 5 nitrogen and oxygen atoms in total. The van der Waals surface area contributed by atoms with Gasteiger partial charge in [-0.15, -0.1) is 0 Å². The monoisotopic (exact) mass is 392 g/mol. The number of carbonyl (C=O) groups is 1. The van der Waals surface area contributed by atoms with Gasteiger partial charge in [0.15, 0.2) is 0 Å². The molecule has 0 aliphatic heterocycles. The van der Waals surface area contributed by atoms with E-state index in [0.717, 1.165) is 22.9 Å². The molecular weight excluding hydrogens is 367 g/mol. The zero-order chi connectivity index (χ0) is 20.0. The molecular formula is C20H25FN2O3S. The van der Waals surface area contributed by atoms with E-state index in [1.807, 2.05) is 32.0 Å². The number of hydrogen-bond acceptors (Lipinski definition) is 3. The van der Waals surface area contributed by atoms with Gasteiger partial charge in [0.1, 0.15) is 5.82 Å². The molecule has 146 valence electrons. The highest BCUT2D eigenvalue weighted by Gasteiger charge is 2.22. The smallest absolute Gasteiger partial charge is 0.232 e. The van der Waals surface area contributed by atoms with Crippen molar-refractivity contribution in [2.24, 2.45) is 0 Å². The van der Waals surface area contributed by atoms with E-state index in [0.29, 0.717) is 12.1 Å². The van der Waals surface area contributed by atoms with Crippen molar-refractivity contribution in [3.63, 3.8) is 0 Å². The molecule has 0 bridgehead atoms. The van der Waals surface area contributed by atoms with Crippen molar-refractivity contribution in [2.75, 3.05) is 17.1 Å². The Labute approximate surface area is 160 Å². The lowest BCUT2D eigenvalue weighted by atomic mass is 10.1. The molecule has 2 aromatic rings. The first kappa shape index (κ1) is 20.9. The predicted molar refractivity (Wildman–Crippen MR) is 106 cm³/mol. The molecule has 0 radical (unpaired) electrons. The Kier molecular flexibility index (Phi) is 6.96. The van der Waals surface area contributed by atoms with Crippen molar-refractivity contribution in [1.82, 2.24) is 5.32 Å². The fourth-order valence-electron chi connectivity index (χ4n) is 2.90. The molecule has 0 aromatic heterocycles. The average molecular weight is 392 g/mol. The van der Waals surface area contributed by atoms with E-state index in [1.54, 1.807) is 12.1 Å². The lowest BCUT2D eigenvalue weighted by Crippen LogP contribution is -2.35. The molecule has 0 aliphatic carbocycles. The molecule has 27 heavy (non-hydrogen) atoms. The van der Waals surface area contributed by atoms with E-state index < -0.39 is 10.0 Å². The molecule has 1 N–H and O–H groups in total. The number of anilines is 1. The molecule has 0 unspecified atom stereocenters. The van der Waals surface area contributed by atoms with Crippen LogP contribution in [-0.2, 0) is 27.8 Å². The molecule has 7 heteroatoms.